The van der Waals surface area contributed by atoms with Gasteiger partial charge in [-0.2, -0.15) is 0 Å². The molecule has 1 atom stereocenters. The first-order chi connectivity index (χ1) is 6.24. The van der Waals surface area contributed by atoms with Crippen molar-refractivity contribution in [2.45, 2.75) is 19.8 Å². The van der Waals surface area contributed by atoms with Gasteiger partial charge in [0.15, 0.2) is 5.78 Å². The van der Waals surface area contributed by atoms with Crippen molar-refractivity contribution in [3.63, 3.8) is 0 Å². The number of rotatable bonds is 1. The molecule has 13 heavy (non-hydrogen) atoms. The molecule has 0 amide bonds. The van der Waals surface area contributed by atoms with Crippen molar-refractivity contribution >= 4 is 17.4 Å². The van der Waals surface area contributed by atoms with Gasteiger partial charge in [0, 0.05) is 16.5 Å². The van der Waals surface area contributed by atoms with Gasteiger partial charge in [-0.25, -0.2) is 0 Å². The van der Waals surface area contributed by atoms with Crippen LogP contribution in [0, 0.1) is 5.92 Å². The minimum atomic E-state index is 0.162. The van der Waals surface area contributed by atoms with Crippen molar-refractivity contribution in [3.05, 3.63) is 34.3 Å². The van der Waals surface area contributed by atoms with Gasteiger partial charge in [-0.1, -0.05) is 30.7 Å². The highest BCUT2D eigenvalue weighted by molar-refractivity contribution is 6.32. The van der Waals surface area contributed by atoms with Crippen LogP contribution in [0.1, 0.15) is 29.3 Å². The second kappa shape index (κ2) is 3.15. The normalized spacial score (nSPS) is 20.5. The molecule has 1 aliphatic carbocycles. The number of hydrogen-bond donors (Lipinski definition) is 0. The standard InChI is InChI=1S/C11H11ClO/c1-2-7-6-9-8(11(7)13)4-3-5-10(9)12/h3-5,7H,2,6H2,1H3/t7-/m0/s1. The van der Waals surface area contributed by atoms with Gasteiger partial charge in [0.25, 0.3) is 0 Å². The van der Waals surface area contributed by atoms with Crippen LogP contribution in [-0.4, -0.2) is 5.78 Å². The molecule has 1 aliphatic rings. The van der Waals surface area contributed by atoms with Crippen molar-refractivity contribution < 1.29 is 4.79 Å². The Labute approximate surface area is 82.7 Å². The van der Waals surface area contributed by atoms with E-state index < -0.39 is 0 Å². The van der Waals surface area contributed by atoms with Crippen LogP contribution in [0.4, 0.5) is 0 Å². The Hall–Kier alpha value is -0.820. The molecule has 0 fully saturated rings. The number of benzene rings is 1. The molecule has 0 N–H and O–H groups in total. The molecule has 1 aromatic carbocycles. The maximum Gasteiger partial charge on any atom is 0.166 e. The molecule has 0 radical (unpaired) electrons. The maximum atomic E-state index is 11.7. The van der Waals surface area contributed by atoms with Gasteiger partial charge >= 0.3 is 0 Å². The first-order valence-electron chi connectivity index (χ1n) is 4.55. The molecular weight excluding hydrogens is 184 g/mol. The number of halogens is 1. The van der Waals surface area contributed by atoms with Crippen LogP contribution < -0.4 is 0 Å². The van der Waals surface area contributed by atoms with Gasteiger partial charge in [-0.05, 0) is 24.5 Å². The third-order valence-electron chi connectivity index (χ3n) is 2.70. The van der Waals surface area contributed by atoms with E-state index >= 15 is 0 Å². The van der Waals surface area contributed by atoms with Gasteiger partial charge in [0.1, 0.15) is 0 Å². The molecule has 68 valence electrons. The Morgan fingerprint density at radius 2 is 2.31 bits per heavy atom. The maximum absolute atomic E-state index is 11.7. The molecule has 0 saturated carbocycles. The van der Waals surface area contributed by atoms with E-state index in [0.717, 1.165) is 29.0 Å². The molecule has 0 unspecified atom stereocenters. The van der Waals surface area contributed by atoms with E-state index in [2.05, 4.69) is 0 Å². The van der Waals surface area contributed by atoms with Crippen LogP contribution in [0.25, 0.3) is 0 Å². The zero-order chi connectivity index (χ0) is 9.42. The fourth-order valence-corrected chi connectivity index (χ4v) is 2.14. The van der Waals surface area contributed by atoms with E-state index in [9.17, 15) is 4.79 Å². The zero-order valence-electron chi connectivity index (χ0n) is 7.51. The number of hydrogen-bond acceptors (Lipinski definition) is 1. The van der Waals surface area contributed by atoms with E-state index in [-0.39, 0.29) is 11.7 Å². The lowest BCUT2D eigenvalue weighted by atomic mass is 10.0. The number of Topliss-reactive ketones (excluding diaryl/α,β-unsaturated/α-hetero) is 1. The number of ketones is 1. The monoisotopic (exact) mass is 194 g/mol. The Kier molecular flexibility index (Phi) is 2.12. The minimum absolute atomic E-state index is 0.162. The molecule has 2 heteroatoms. The van der Waals surface area contributed by atoms with Crippen molar-refractivity contribution in [3.8, 4) is 0 Å². The lowest BCUT2D eigenvalue weighted by Gasteiger charge is -2.00. The van der Waals surface area contributed by atoms with Crippen LogP contribution in [0.15, 0.2) is 18.2 Å². The van der Waals surface area contributed by atoms with Gasteiger partial charge in [0.05, 0.1) is 0 Å². The van der Waals surface area contributed by atoms with E-state index in [4.69, 9.17) is 11.6 Å². The number of fused-ring (bicyclic) bond motifs is 1. The summed E-state index contributed by atoms with van der Waals surface area (Å²) in [5.74, 6) is 0.426. The van der Waals surface area contributed by atoms with Crippen LogP contribution in [0.3, 0.4) is 0 Å². The molecule has 0 spiro atoms. The smallest absolute Gasteiger partial charge is 0.166 e. The van der Waals surface area contributed by atoms with Crippen molar-refractivity contribution in [2.75, 3.05) is 0 Å². The highest BCUT2D eigenvalue weighted by atomic mass is 35.5. The van der Waals surface area contributed by atoms with Crippen LogP contribution in [0.2, 0.25) is 5.02 Å². The predicted octanol–water partition coefficient (Wildman–Crippen LogP) is 3.11. The van der Waals surface area contributed by atoms with Gasteiger partial charge < -0.3 is 0 Å². The molecule has 0 saturated heterocycles. The highest BCUT2D eigenvalue weighted by Crippen LogP contribution is 2.33. The van der Waals surface area contributed by atoms with Crippen molar-refractivity contribution in [1.29, 1.82) is 0 Å². The number of carbonyl (C=O) groups excluding carboxylic acids is 1. The largest absolute Gasteiger partial charge is 0.294 e. The Morgan fingerprint density at radius 1 is 1.54 bits per heavy atom. The van der Waals surface area contributed by atoms with E-state index in [1.54, 1.807) is 0 Å². The third kappa shape index (κ3) is 1.28. The lowest BCUT2D eigenvalue weighted by molar-refractivity contribution is 0.0934. The molecule has 2 rings (SSSR count). The first-order valence-corrected chi connectivity index (χ1v) is 4.93. The average Bonchev–Trinajstić information content (AvgIpc) is 2.45. The minimum Gasteiger partial charge on any atom is -0.294 e. The van der Waals surface area contributed by atoms with E-state index in [1.807, 2.05) is 25.1 Å². The summed E-state index contributed by atoms with van der Waals surface area (Å²) >= 11 is 6.01. The summed E-state index contributed by atoms with van der Waals surface area (Å²) in [6.07, 6.45) is 1.73. The SMILES string of the molecule is CC[C@H]1Cc2c(Cl)cccc2C1=O. The summed E-state index contributed by atoms with van der Waals surface area (Å²) < 4.78 is 0. The Morgan fingerprint density at radius 3 is 2.92 bits per heavy atom. The Balaban J connectivity index is 2.49. The lowest BCUT2D eigenvalue weighted by Crippen LogP contribution is -2.06. The predicted molar refractivity (Wildman–Crippen MR) is 53.3 cm³/mol. The highest BCUT2D eigenvalue weighted by Gasteiger charge is 2.29. The van der Waals surface area contributed by atoms with Crippen LogP contribution in [-0.2, 0) is 6.42 Å². The summed E-state index contributed by atoms with van der Waals surface area (Å²) in [7, 11) is 0. The molecule has 1 aromatic rings. The molecule has 0 heterocycles. The molecular formula is C11H11ClO. The van der Waals surface area contributed by atoms with Crippen LogP contribution in [0.5, 0.6) is 0 Å². The summed E-state index contributed by atoms with van der Waals surface area (Å²) in [6, 6.07) is 5.57. The second-order valence-electron chi connectivity index (χ2n) is 3.44. The summed E-state index contributed by atoms with van der Waals surface area (Å²) in [5, 5.41) is 0.738. The fraction of sp³-hybridized carbons (Fsp3) is 0.364. The van der Waals surface area contributed by atoms with Gasteiger partial charge in [-0.3, -0.25) is 4.79 Å². The van der Waals surface area contributed by atoms with E-state index in [0.29, 0.717) is 0 Å². The average molecular weight is 195 g/mol. The summed E-state index contributed by atoms with van der Waals surface area (Å²) in [4.78, 5) is 11.7. The topological polar surface area (TPSA) is 17.1 Å². The molecule has 0 aliphatic heterocycles. The summed E-state index contributed by atoms with van der Waals surface area (Å²) in [5.41, 5.74) is 1.88. The van der Waals surface area contributed by atoms with Crippen molar-refractivity contribution in [2.24, 2.45) is 5.92 Å². The van der Waals surface area contributed by atoms with Crippen molar-refractivity contribution in [1.82, 2.24) is 0 Å². The zero-order valence-corrected chi connectivity index (χ0v) is 8.27. The fourth-order valence-electron chi connectivity index (χ4n) is 1.89. The molecule has 0 bridgehead atoms. The second-order valence-corrected chi connectivity index (χ2v) is 3.85. The number of carbonyl (C=O) groups is 1. The quantitative estimate of drug-likeness (QED) is 0.672. The molecule has 1 nitrogen and oxygen atoms in total. The summed E-state index contributed by atoms with van der Waals surface area (Å²) in [6.45, 7) is 2.04. The Bertz CT molecular complexity index is 357. The van der Waals surface area contributed by atoms with Gasteiger partial charge in [-0.15, -0.1) is 0 Å². The molecule has 0 aromatic heterocycles. The van der Waals surface area contributed by atoms with E-state index in [1.165, 1.54) is 0 Å². The van der Waals surface area contributed by atoms with Crippen LogP contribution >= 0.6 is 11.6 Å². The van der Waals surface area contributed by atoms with Gasteiger partial charge in [0.2, 0.25) is 0 Å². The third-order valence-corrected chi connectivity index (χ3v) is 3.05. The first kappa shape index (κ1) is 8.76.